The summed E-state index contributed by atoms with van der Waals surface area (Å²) in [5.74, 6) is -0.0849. The number of aromatic nitrogens is 3. The SMILES string of the molecule is Fc1cnc(Br)c2nc(-c3c(Cl)cccc3Cl)[nH]c12. The molecule has 19 heavy (non-hydrogen) atoms. The molecule has 0 radical (unpaired) electrons. The molecule has 0 bridgehead atoms. The second-order valence-corrected chi connectivity index (χ2v) is 5.37. The van der Waals surface area contributed by atoms with Gasteiger partial charge in [-0.25, -0.2) is 14.4 Å². The van der Waals surface area contributed by atoms with Crippen LogP contribution < -0.4 is 0 Å². The highest BCUT2D eigenvalue weighted by Crippen LogP contribution is 2.35. The van der Waals surface area contributed by atoms with E-state index in [2.05, 4.69) is 30.9 Å². The normalized spacial score (nSPS) is 11.2. The Bertz CT molecular complexity index is 729. The Kier molecular flexibility index (Phi) is 3.20. The van der Waals surface area contributed by atoms with Gasteiger partial charge in [0.15, 0.2) is 5.82 Å². The minimum Gasteiger partial charge on any atom is -0.335 e. The average molecular weight is 361 g/mol. The molecule has 3 rings (SSSR count). The van der Waals surface area contributed by atoms with Crippen molar-refractivity contribution < 1.29 is 4.39 Å². The van der Waals surface area contributed by atoms with Crippen molar-refractivity contribution in [3.63, 3.8) is 0 Å². The largest absolute Gasteiger partial charge is 0.335 e. The Morgan fingerprint density at radius 1 is 1.21 bits per heavy atom. The van der Waals surface area contributed by atoms with Crippen molar-refractivity contribution in [2.45, 2.75) is 0 Å². The highest BCUT2D eigenvalue weighted by atomic mass is 79.9. The fraction of sp³-hybridized carbons (Fsp3) is 0. The zero-order valence-corrected chi connectivity index (χ0v) is 12.3. The number of halogens is 4. The zero-order valence-electron chi connectivity index (χ0n) is 9.22. The van der Waals surface area contributed by atoms with Crippen LogP contribution in [0.15, 0.2) is 29.0 Å². The van der Waals surface area contributed by atoms with E-state index in [9.17, 15) is 4.39 Å². The van der Waals surface area contributed by atoms with Crippen molar-refractivity contribution in [2.24, 2.45) is 0 Å². The molecule has 2 heterocycles. The first-order chi connectivity index (χ1) is 9.08. The van der Waals surface area contributed by atoms with Crippen molar-refractivity contribution in [1.29, 1.82) is 0 Å². The van der Waals surface area contributed by atoms with Crippen molar-refractivity contribution in [3.8, 4) is 11.4 Å². The van der Waals surface area contributed by atoms with E-state index in [1.807, 2.05) is 0 Å². The van der Waals surface area contributed by atoms with Gasteiger partial charge in [0.05, 0.1) is 21.8 Å². The Morgan fingerprint density at radius 2 is 1.89 bits per heavy atom. The highest BCUT2D eigenvalue weighted by Gasteiger charge is 2.16. The van der Waals surface area contributed by atoms with Gasteiger partial charge in [-0.2, -0.15) is 0 Å². The quantitative estimate of drug-likeness (QED) is 0.631. The number of nitrogens with zero attached hydrogens (tertiary/aromatic N) is 2. The molecule has 0 aliphatic rings. The number of aromatic amines is 1. The first-order valence-electron chi connectivity index (χ1n) is 5.22. The number of fused-ring (bicyclic) bond motifs is 1. The first-order valence-corrected chi connectivity index (χ1v) is 6.77. The molecule has 1 aromatic carbocycles. The van der Waals surface area contributed by atoms with Crippen molar-refractivity contribution in [1.82, 2.24) is 15.0 Å². The number of hydrogen-bond acceptors (Lipinski definition) is 2. The molecule has 96 valence electrons. The van der Waals surface area contributed by atoms with E-state index in [0.29, 0.717) is 31.6 Å². The summed E-state index contributed by atoms with van der Waals surface area (Å²) in [4.78, 5) is 11.0. The van der Waals surface area contributed by atoms with E-state index >= 15 is 0 Å². The van der Waals surface area contributed by atoms with Crippen molar-refractivity contribution in [3.05, 3.63) is 44.9 Å². The van der Waals surface area contributed by atoms with Gasteiger partial charge in [-0.05, 0) is 28.1 Å². The molecule has 3 aromatic rings. The van der Waals surface area contributed by atoms with Crippen LogP contribution in [0.5, 0.6) is 0 Å². The van der Waals surface area contributed by atoms with E-state index in [-0.39, 0.29) is 5.52 Å². The average Bonchev–Trinajstić information content (AvgIpc) is 2.80. The molecule has 0 spiro atoms. The van der Waals surface area contributed by atoms with E-state index in [1.54, 1.807) is 18.2 Å². The van der Waals surface area contributed by atoms with E-state index < -0.39 is 5.82 Å². The second-order valence-electron chi connectivity index (χ2n) is 3.80. The molecule has 7 heteroatoms. The maximum atomic E-state index is 13.7. The molecule has 1 N–H and O–H groups in total. The fourth-order valence-electron chi connectivity index (χ4n) is 1.78. The summed E-state index contributed by atoms with van der Waals surface area (Å²) in [5.41, 5.74) is 1.19. The van der Waals surface area contributed by atoms with Gasteiger partial charge < -0.3 is 4.98 Å². The summed E-state index contributed by atoms with van der Waals surface area (Å²) in [6.07, 6.45) is 1.11. The molecule has 0 saturated carbocycles. The maximum absolute atomic E-state index is 13.7. The number of nitrogens with one attached hydrogen (secondary N) is 1. The van der Waals surface area contributed by atoms with Crippen LogP contribution in [0.2, 0.25) is 10.0 Å². The monoisotopic (exact) mass is 359 g/mol. The van der Waals surface area contributed by atoms with E-state index in [4.69, 9.17) is 23.2 Å². The molecule has 0 aliphatic heterocycles. The fourth-order valence-corrected chi connectivity index (χ4v) is 2.74. The standard InChI is InChI=1S/C12H5BrCl2FN3/c13-11-10-9(7(16)4-17-11)18-12(19-10)8-5(14)2-1-3-6(8)15/h1-4H,(H,18,19). The molecule has 0 unspecified atom stereocenters. The summed E-state index contributed by atoms with van der Waals surface area (Å²) in [6.45, 7) is 0. The second kappa shape index (κ2) is 4.74. The Labute approximate surface area is 125 Å². The zero-order chi connectivity index (χ0) is 13.6. The smallest absolute Gasteiger partial charge is 0.167 e. The Morgan fingerprint density at radius 3 is 2.53 bits per heavy atom. The van der Waals surface area contributed by atoms with E-state index in [0.717, 1.165) is 6.20 Å². The lowest BCUT2D eigenvalue weighted by molar-refractivity contribution is 0.631. The minimum absolute atomic E-state index is 0.257. The van der Waals surface area contributed by atoms with Crippen LogP contribution in [0.3, 0.4) is 0 Å². The number of rotatable bonds is 1. The molecule has 3 nitrogen and oxygen atoms in total. The Balaban J connectivity index is 2.33. The molecule has 0 saturated heterocycles. The number of hydrogen-bond donors (Lipinski definition) is 1. The number of pyridine rings is 1. The van der Waals surface area contributed by atoms with E-state index in [1.165, 1.54) is 0 Å². The van der Waals surface area contributed by atoms with Gasteiger partial charge in [-0.15, -0.1) is 0 Å². The van der Waals surface area contributed by atoms with Crippen molar-refractivity contribution >= 4 is 50.2 Å². The van der Waals surface area contributed by atoms with Gasteiger partial charge in [0.2, 0.25) is 0 Å². The maximum Gasteiger partial charge on any atom is 0.167 e. The van der Waals surface area contributed by atoms with Crippen LogP contribution in [0.25, 0.3) is 22.4 Å². The van der Waals surface area contributed by atoms with Gasteiger partial charge in [0.1, 0.15) is 21.5 Å². The highest BCUT2D eigenvalue weighted by molar-refractivity contribution is 9.10. The van der Waals surface area contributed by atoms with Crippen LogP contribution in [0, 0.1) is 5.82 Å². The summed E-state index contributed by atoms with van der Waals surface area (Å²) in [5, 5.41) is 0.882. The molecule has 2 aromatic heterocycles. The predicted octanol–water partition coefficient (Wildman–Crippen LogP) is 4.83. The van der Waals surface area contributed by atoms with Gasteiger partial charge in [0.25, 0.3) is 0 Å². The molecule has 0 fully saturated rings. The van der Waals surface area contributed by atoms with Crippen molar-refractivity contribution in [2.75, 3.05) is 0 Å². The lowest BCUT2D eigenvalue weighted by atomic mass is 10.2. The number of H-pyrrole nitrogens is 1. The molecular weight excluding hydrogens is 356 g/mol. The van der Waals surface area contributed by atoms with Crippen LogP contribution in [0.1, 0.15) is 0 Å². The van der Waals surface area contributed by atoms with Gasteiger partial charge in [-0.1, -0.05) is 29.3 Å². The summed E-state index contributed by atoms with van der Waals surface area (Å²) in [7, 11) is 0. The lowest BCUT2D eigenvalue weighted by Gasteiger charge is -2.02. The third-order valence-corrected chi connectivity index (χ3v) is 3.84. The summed E-state index contributed by atoms with van der Waals surface area (Å²) < 4.78 is 14.1. The summed E-state index contributed by atoms with van der Waals surface area (Å²) in [6, 6.07) is 5.12. The van der Waals surface area contributed by atoms with Gasteiger partial charge >= 0.3 is 0 Å². The molecule has 0 aliphatic carbocycles. The third-order valence-electron chi connectivity index (χ3n) is 2.63. The van der Waals surface area contributed by atoms with Crippen LogP contribution in [-0.2, 0) is 0 Å². The Hall–Kier alpha value is -1.17. The third kappa shape index (κ3) is 2.12. The molecule has 0 amide bonds. The predicted molar refractivity (Wildman–Crippen MR) is 77.0 cm³/mol. The van der Waals surface area contributed by atoms with Crippen LogP contribution in [-0.4, -0.2) is 15.0 Å². The summed E-state index contributed by atoms with van der Waals surface area (Å²) >= 11 is 15.4. The first kappa shape index (κ1) is 12.8. The molecular formula is C12H5BrCl2FN3. The van der Waals surface area contributed by atoms with Crippen LogP contribution in [0.4, 0.5) is 4.39 Å². The number of imidazole rings is 1. The minimum atomic E-state index is -0.486. The van der Waals surface area contributed by atoms with Gasteiger partial charge in [-0.3, -0.25) is 0 Å². The lowest BCUT2D eigenvalue weighted by Crippen LogP contribution is -1.83. The van der Waals surface area contributed by atoms with Gasteiger partial charge in [0, 0.05) is 0 Å². The number of benzene rings is 1. The van der Waals surface area contributed by atoms with Crippen LogP contribution >= 0.6 is 39.1 Å². The topological polar surface area (TPSA) is 41.6 Å². The molecule has 0 atom stereocenters.